The average molecular weight is 336 g/mol. The maximum absolute atomic E-state index is 12.1. The lowest BCUT2D eigenvalue weighted by Gasteiger charge is -2.27. The van der Waals surface area contributed by atoms with Gasteiger partial charge in [0.25, 0.3) is 5.91 Å². The van der Waals surface area contributed by atoms with Crippen LogP contribution in [0.4, 0.5) is 0 Å². The standard InChI is InChI=1S/C16H18BrNO2/c17-13-7-3-1-6-12(13)10-18-16(19)15-9-11-5-2-4-8-14(11)20-15/h2,4-5,8-9,12-13H,1,3,6-7,10H2,(H,18,19). The molecule has 106 valence electrons. The van der Waals surface area contributed by atoms with E-state index in [1.165, 1.54) is 25.7 Å². The number of fused-ring (bicyclic) bond motifs is 1. The van der Waals surface area contributed by atoms with E-state index >= 15 is 0 Å². The van der Waals surface area contributed by atoms with Crippen LogP contribution in [0.1, 0.15) is 36.2 Å². The Kier molecular flexibility index (Phi) is 4.10. The average Bonchev–Trinajstić information content (AvgIpc) is 2.90. The summed E-state index contributed by atoms with van der Waals surface area (Å²) in [6.45, 7) is 0.714. The number of alkyl halides is 1. The zero-order chi connectivity index (χ0) is 13.9. The molecule has 3 nitrogen and oxygen atoms in total. The Morgan fingerprint density at radius 1 is 1.30 bits per heavy atom. The molecule has 1 aliphatic carbocycles. The van der Waals surface area contributed by atoms with Crippen molar-refractivity contribution in [1.82, 2.24) is 5.32 Å². The second-order valence-corrected chi connectivity index (χ2v) is 6.60. The Labute approximate surface area is 126 Å². The zero-order valence-corrected chi connectivity index (χ0v) is 12.9. The molecule has 1 aliphatic rings. The molecule has 2 aromatic rings. The van der Waals surface area contributed by atoms with E-state index in [0.29, 0.717) is 23.1 Å². The minimum Gasteiger partial charge on any atom is -0.451 e. The summed E-state index contributed by atoms with van der Waals surface area (Å²) in [6.07, 6.45) is 4.92. The van der Waals surface area contributed by atoms with E-state index in [0.717, 1.165) is 11.0 Å². The maximum Gasteiger partial charge on any atom is 0.287 e. The first-order valence-electron chi connectivity index (χ1n) is 7.15. The third kappa shape index (κ3) is 2.90. The molecule has 0 bridgehead atoms. The van der Waals surface area contributed by atoms with Gasteiger partial charge in [-0.1, -0.05) is 47.0 Å². The van der Waals surface area contributed by atoms with Gasteiger partial charge in [-0.15, -0.1) is 0 Å². The van der Waals surface area contributed by atoms with Crippen LogP contribution in [-0.2, 0) is 0 Å². The molecule has 0 aliphatic heterocycles. The van der Waals surface area contributed by atoms with E-state index in [-0.39, 0.29) is 5.91 Å². The summed E-state index contributed by atoms with van der Waals surface area (Å²) in [6, 6.07) is 9.48. The van der Waals surface area contributed by atoms with Crippen molar-refractivity contribution < 1.29 is 9.21 Å². The van der Waals surface area contributed by atoms with Gasteiger partial charge in [0.15, 0.2) is 5.76 Å². The smallest absolute Gasteiger partial charge is 0.287 e. The van der Waals surface area contributed by atoms with E-state index in [1.807, 2.05) is 24.3 Å². The van der Waals surface area contributed by atoms with Crippen molar-refractivity contribution in [3.63, 3.8) is 0 Å². The van der Waals surface area contributed by atoms with E-state index in [4.69, 9.17) is 4.42 Å². The number of carbonyl (C=O) groups excluding carboxylic acids is 1. The zero-order valence-electron chi connectivity index (χ0n) is 11.3. The van der Waals surface area contributed by atoms with Gasteiger partial charge in [0.1, 0.15) is 5.58 Å². The van der Waals surface area contributed by atoms with Crippen LogP contribution in [-0.4, -0.2) is 17.3 Å². The Balaban J connectivity index is 1.64. The van der Waals surface area contributed by atoms with Gasteiger partial charge in [-0.3, -0.25) is 4.79 Å². The molecule has 4 heteroatoms. The monoisotopic (exact) mass is 335 g/mol. The quantitative estimate of drug-likeness (QED) is 0.857. The number of rotatable bonds is 3. The number of nitrogens with one attached hydrogen (secondary N) is 1. The largest absolute Gasteiger partial charge is 0.451 e. The highest BCUT2D eigenvalue weighted by molar-refractivity contribution is 9.09. The topological polar surface area (TPSA) is 42.2 Å². The minimum atomic E-state index is -0.119. The summed E-state index contributed by atoms with van der Waals surface area (Å²) >= 11 is 3.71. The van der Waals surface area contributed by atoms with Gasteiger partial charge >= 0.3 is 0 Å². The molecule has 0 spiro atoms. The first-order valence-corrected chi connectivity index (χ1v) is 8.06. The SMILES string of the molecule is O=C(NCC1CCCCC1Br)c1cc2ccccc2o1. The second kappa shape index (κ2) is 6.00. The van der Waals surface area contributed by atoms with Gasteiger partial charge in [0, 0.05) is 16.8 Å². The van der Waals surface area contributed by atoms with Gasteiger partial charge in [-0.25, -0.2) is 0 Å². The fourth-order valence-corrected chi connectivity index (χ4v) is 3.57. The van der Waals surface area contributed by atoms with E-state index in [1.54, 1.807) is 6.07 Å². The highest BCUT2D eigenvalue weighted by atomic mass is 79.9. The van der Waals surface area contributed by atoms with Crippen molar-refractivity contribution in [3.8, 4) is 0 Å². The van der Waals surface area contributed by atoms with Crippen LogP contribution < -0.4 is 5.32 Å². The summed E-state index contributed by atoms with van der Waals surface area (Å²) in [7, 11) is 0. The molecule has 1 aromatic carbocycles. The van der Waals surface area contributed by atoms with E-state index < -0.39 is 0 Å². The Morgan fingerprint density at radius 2 is 2.10 bits per heavy atom. The highest BCUT2D eigenvalue weighted by Crippen LogP contribution is 2.29. The van der Waals surface area contributed by atoms with Crippen molar-refractivity contribution in [2.24, 2.45) is 5.92 Å². The van der Waals surface area contributed by atoms with Crippen LogP contribution in [0, 0.1) is 5.92 Å². The van der Waals surface area contributed by atoms with Crippen molar-refractivity contribution in [2.45, 2.75) is 30.5 Å². The van der Waals surface area contributed by atoms with Crippen molar-refractivity contribution >= 4 is 32.8 Å². The van der Waals surface area contributed by atoms with Crippen LogP contribution in [0.5, 0.6) is 0 Å². The summed E-state index contributed by atoms with van der Waals surface area (Å²) in [5, 5.41) is 3.96. The number of carbonyl (C=O) groups is 1. The molecule has 1 fully saturated rings. The highest BCUT2D eigenvalue weighted by Gasteiger charge is 2.23. The van der Waals surface area contributed by atoms with Crippen LogP contribution in [0.25, 0.3) is 11.0 Å². The first-order chi connectivity index (χ1) is 9.74. The number of para-hydroxylation sites is 1. The molecule has 1 N–H and O–H groups in total. The van der Waals surface area contributed by atoms with Crippen LogP contribution in [0.15, 0.2) is 34.7 Å². The fourth-order valence-electron chi connectivity index (χ4n) is 2.80. The molecule has 0 radical (unpaired) electrons. The lowest BCUT2D eigenvalue weighted by Crippen LogP contribution is -2.34. The normalized spacial score (nSPS) is 22.9. The molecule has 1 heterocycles. The molecular weight excluding hydrogens is 318 g/mol. The molecule has 1 amide bonds. The number of hydrogen-bond donors (Lipinski definition) is 1. The number of furan rings is 1. The molecule has 2 atom stereocenters. The molecular formula is C16H18BrNO2. The Morgan fingerprint density at radius 3 is 2.90 bits per heavy atom. The van der Waals surface area contributed by atoms with Crippen LogP contribution in [0.2, 0.25) is 0 Å². The van der Waals surface area contributed by atoms with Crippen molar-refractivity contribution in [1.29, 1.82) is 0 Å². The molecule has 2 unspecified atom stereocenters. The summed E-state index contributed by atoms with van der Waals surface area (Å²) in [4.78, 5) is 12.7. The van der Waals surface area contributed by atoms with Gasteiger partial charge in [0.05, 0.1) is 0 Å². The van der Waals surface area contributed by atoms with Crippen molar-refractivity contribution in [3.05, 3.63) is 36.1 Å². The molecule has 1 aromatic heterocycles. The minimum absolute atomic E-state index is 0.119. The number of hydrogen-bond acceptors (Lipinski definition) is 2. The third-order valence-corrected chi connectivity index (χ3v) is 5.20. The maximum atomic E-state index is 12.1. The molecule has 1 saturated carbocycles. The van der Waals surface area contributed by atoms with Crippen LogP contribution >= 0.6 is 15.9 Å². The van der Waals surface area contributed by atoms with Gasteiger partial charge in [-0.05, 0) is 30.9 Å². The predicted molar refractivity (Wildman–Crippen MR) is 83.2 cm³/mol. The molecule has 3 rings (SSSR count). The number of amides is 1. The second-order valence-electron chi connectivity index (χ2n) is 5.42. The van der Waals surface area contributed by atoms with E-state index in [2.05, 4.69) is 21.2 Å². The van der Waals surface area contributed by atoms with Gasteiger partial charge < -0.3 is 9.73 Å². The van der Waals surface area contributed by atoms with Crippen LogP contribution in [0.3, 0.4) is 0 Å². The first kappa shape index (κ1) is 13.7. The summed E-state index contributed by atoms with van der Waals surface area (Å²) in [5.41, 5.74) is 0.758. The predicted octanol–water partition coefficient (Wildman–Crippen LogP) is 4.12. The Bertz CT molecular complexity index is 574. The van der Waals surface area contributed by atoms with Gasteiger partial charge in [-0.2, -0.15) is 0 Å². The number of halogens is 1. The van der Waals surface area contributed by atoms with Gasteiger partial charge in [0.2, 0.25) is 0 Å². The van der Waals surface area contributed by atoms with E-state index in [9.17, 15) is 4.79 Å². The number of benzene rings is 1. The molecule has 20 heavy (non-hydrogen) atoms. The third-order valence-electron chi connectivity index (χ3n) is 3.99. The Hall–Kier alpha value is -1.29. The van der Waals surface area contributed by atoms with Crippen molar-refractivity contribution in [2.75, 3.05) is 6.54 Å². The summed E-state index contributed by atoms with van der Waals surface area (Å²) < 4.78 is 5.57. The fraction of sp³-hybridized carbons (Fsp3) is 0.438. The molecule has 0 saturated heterocycles. The summed E-state index contributed by atoms with van der Waals surface area (Å²) in [5.74, 6) is 0.802. The lowest BCUT2D eigenvalue weighted by atomic mass is 9.89. The lowest BCUT2D eigenvalue weighted by molar-refractivity contribution is 0.0919.